The predicted molar refractivity (Wildman–Crippen MR) is 47.4 cm³/mol. The Hall–Kier alpha value is -1.28. The highest BCUT2D eigenvalue weighted by atomic mass is 35.5. The zero-order valence-electron chi connectivity index (χ0n) is 6.24. The summed E-state index contributed by atoms with van der Waals surface area (Å²) in [6.07, 6.45) is 6.52. The van der Waals surface area contributed by atoms with Crippen LogP contribution in [0.1, 0.15) is 0 Å². The minimum Gasteiger partial charge on any atom is -0.298 e. The maximum absolute atomic E-state index is 5.91. The molecule has 0 aliphatic rings. The molecule has 2 aromatic rings. The minimum atomic E-state index is 0.630. The van der Waals surface area contributed by atoms with E-state index in [1.807, 2.05) is 18.3 Å². The first kappa shape index (κ1) is 7.37. The second-order valence-corrected chi connectivity index (χ2v) is 2.72. The molecule has 0 aliphatic heterocycles. The third kappa shape index (κ3) is 1.21. The second kappa shape index (κ2) is 2.99. The fraction of sp³-hybridized carbons (Fsp3) is 0. The second-order valence-electron chi connectivity index (χ2n) is 2.32. The maximum atomic E-state index is 5.91. The van der Waals surface area contributed by atoms with Crippen LogP contribution in [0.4, 0.5) is 0 Å². The van der Waals surface area contributed by atoms with Gasteiger partial charge in [-0.3, -0.25) is 4.57 Å². The highest BCUT2D eigenvalue weighted by Gasteiger charge is 2.00. The van der Waals surface area contributed by atoms with E-state index in [9.17, 15) is 0 Å². The van der Waals surface area contributed by atoms with Crippen LogP contribution < -0.4 is 0 Å². The van der Waals surface area contributed by atoms with Gasteiger partial charge in [0, 0.05) is 12.4 Å². The Bertz CT molecular complexity index is 368. The molecule has 0 aliphatic carbocycles. The smallest absolute Gasteiger partial charge is 0.155 e. The van der Waals surface area contributed by atoms with E-state index < -0.39 is 0 Å². The normalized spacial score (nSPS) is 10.1. The SMILES string of the molecule is Clc1cccnc1-n1[c]ccc1. The van der Waals surface area contributed by atoms with Gasteiger partial charge in [0.25, 0.3) is 0 Å². The number of nitrogens with zero attached hydrogens (tertiary/aromatic N) is 2. The van der Waals surface area contributed by atoms with Gasteiger partial charge in [-0.2, -0.15) is 0 Å². The summed E-state index contributed by atoms with van der Waals surface area (Å²) in [6.45, 7) is 0. The van der Waals surface area contributed by atoms with Crippen LogP contribution in [0.5, 0.6) is 0 Å². The standard InChI is InChI=1S/C9H6ClN2/c10-8-4-3-5-11-9(8)12-6-1-2-7-12/h1-6H. The van der Waals surface area contributed by atoms with Gasteiger partial charge < -0.3 is 0 Å². The van der Waals surface area contributed by atoms with Crippen LogP contribution in [0.15, 0.2) is 36.7 Å². The third-order valence-electron chi connectivity index (χ3n) is 1.51. The van der Waals surface area contributed by atoms with Crippen LogP contribution in [0.25, 0.3) is 5.82 Å². The Morgan fingerprint density at radius 1 is 1.42 bits per heavy atom. The first-order valence-electron chi connectivity index (χ1n) is 3.54. The van der Waals surface area contributed by atoms with E-state index in [1.54, 1.807) is 22.9 Å². The molecule has 2 rings (SSSR count). The van der Waals surface area contributed by atoms with Gasteiger partial charge in [-0.05, 0) is 24.3 Å². The maximum Gasteiger partial charge on any atom is 0.155 e. The molecule has 0 bridgehead atoms. The summed E-state index contributed by atoms with van der Waals surface area (Å²) in [5, 5.41) is 0.630. The van der Waals surface area contributed by atoms with Crippen LogP contribution in [0.3, 0.4) is 0 Å². The third-order valence-corrected chi connectivity index (χ3v) is 1.81. The van der Waals surface area contributed by atoms with Gasteiger partial charge in [-0.15, -0.1) is 0 Å². The molecule has 0 N–H and O–H groups in total. The highest BCUT2D eigenvalue weighted by molar-refractivity contribution is 6.32. The van der Waals surface area contributed by atoms with Crippen LogP contribution >= 0.6 is 11.6 Å². The molecule has 0 aromatic carbocycles. The molecular formula is C9H6ClN2. The Kier molecular flexibility index (Phi) is 1.84. The van der Waals surface area contributed by atoms with Crippen molar-refractivity contribution in [1.82, 2.24) is 9.55 Å². The van der Waals surface area contributed by atoms with E-state index in [-0.39, 0.29) is 0 Å². The predicted octanol–water partition coefficient (Wildman–Crippen LogP) is 2.33. The number of hydrogen-bond donors (Lipinski definition) is 0. The summed E-state index contributed by atoms with van der Waals surface area (Å²) in [5.74, 6) is 0.712. The number of hydrogen-bond acceptors (Lipinski definition) is 1. The molecule has 0 spiro atoms. The van der Waals surface area contributed by atoms with Crippen molar-refractivity contribution in [2.24, 2.45) is 0 Å². The van der Waals surface area contributed by atoms with Crippen molar-refractivity contribution in [1.29, 1.82) is 0 Å². The van der Waals surface area contributed by atoms with Gasteiger partial charge in [0.05, 0.1) is 11.2 Å². The monoisotopic (exact) mass is 177 g/mol. The Labute approximate surface area is 75.4 Å². The fourth-order valence-electron chi connectivity index (χ4n) is 0.982. The van der Waals surface area contributed by atoms with Gasteiger partial charge in [-0.1, -0.05) is 11.6 Å². The summed E-state index contributed by atoms with van der Waals surface area (Å²) >= 11 is 5.91. The molecule has 0 saturated carbocycles. The number of rotatable bonds is 1. The minimum absolute atomic E-state index is 0.630. The zero-order valence-corrected chi connectivity index (χ0v) is 6.99. The average molecular weight is 178 g/mol. The summed E-state index contributed by atoms with van der Waals surface area (Å²) in [4.78, 5) is 4.12. The van der Waals surface area contributed by atoms with Gasteiger partial charge in [0.2, 0.25) is 0 Å². The Morgan fingerprint density at radius 3 is 3.00 bits per heavy atom. The molecule has 3 heteroatoms. The van der Waals surface area contributed by atoms with E-state index in [0.29, 0.717) is 10.8 Å². The largest absolute Gasteiger partial charge is 0.298 e. The molecule has 59 valence electrons. The first-order chi connectivity index (χ1) is 5.88. The van der Waals surface area contributed by atoms with Gasteiger partial charge >= 0.3 is 0 Å². The van der Waals surface area contributed by atoms with Crippen molar-refractivity contribution in [3.63, 3.8) is 0 Å². The van der Waals surface area contributed by atoms with Gasteiger partial charge in [0.15, 0.2) is 5.82 Å². The van der Waals surface area contributed by atoms with Crippen molar-refractivity contribution in [2.45, 2.75) is 0 Å². The quantitative estimate of drug-likeness (QED) is 0.654. The van der Waals surface area contributed by atoms with Crippen molar-refractivity contribution in [3.8, 4) is 5.82 Å². The summed E-state index contributed by atoms with van der Waals surface area (Å²) in [5.41, 5.74) is 0. The highest BCUT2D eigenvalue weighted by Crippen LogP contribution is 2.15. The molecule has 0 unspecified atom stereocenters. The van der Waals surface area contributed by atoms with E-state index in [4.69, 9.17) is 11.6 Å². The number of pyridine rings is 1. The van der Waals surface area contributed by atoms with Crippen LogP contribution in [0, 0.1) is 6.20 Å². The first-order valence-corrected chi connectivity index (χ1v) is 3.91. The van der Waals surface area contributed by atoms with Gasteiger partial charge in [0.1, 0.15) is 0 Å². The molecule has 0 amide bonds. The van der Waals surface area contributed by atoms with Gasteiger partial charge in [-0.25, -0.2) is 4.98 Å². The van der Waals surface area contributed by atoms with Crippen LogP contribution in [-0.2, 0) is 0 Å². The molecule has 2 nitrogen and oxygen atoms in total. The lowest BCUT2D eigenvalue weighted by molar-refractivity contribution is 1.00. The Balaban J connectivity index is 2.55. The molecule has 2 heterocycles. The zero-order chi connectivity index (χ0) is 8.39. The molecule has 12 heavy (non-hydrogen) atoms. The van der Waals surface area contributed by atoms with Crippen LogP contribution in [-0.4, -0.2) is 9.55 Å². The van der Waals surface area contributed by atoms with E-state index in [0.717, 1.165) is 0 Å². The average Bonchev–Trinajstić information content (AvgIpc) is 2.57. The van der Waals surface area contributed by atoms with Crippen molar-refractivity contribution >= 4 is 11.6 Å². The van der Waals surface area contributed by atoms with Crippen LogP contribution in [0.2, 0.25) is 5.02 Å². The molecular weight excluding hydrogens is 172 g/mol. The van der Waals surface area contributed by atoms with E-state index in [2.05, 4.69) is 11.2 Å². The molecule has 2 aromatic heterocycles. The topological polar surface area (TPSA) is 17.8 Å². The summed E-state index contributed by atoms with van der Waals surface area (Å²) in [7, 11) is 0. The lowest BCUT2D eigenvalue weighted by atomic mass is 10.4. The number of halogens is 1. The lowest BCUT2D eigenvalue weighted by Gasteiger charge is -2.01. The summed E-state index contributed by atoms with van der Waals surface area (Å²) in [6, 6.07) is 7.29. The molecule has 0 atom stereocenters. The van der Waals surface area contributed by atoms with E-state index in [1.165, 1.54) is 0 Å². The number of aromatic nitrogens is 2. The fourth-order valence-corrected chi connectivity index (χ4v) is 1.19. The Morgan fingerprint density at radius 2 is 2.33 bits per heavy atom. The van der Waals surface area contributed by atoms with E-state index >= 15 is 0 Å². The molecule has 1 radical (unpaired) electrons. The van der Waals surface area contributed by atoms with Crippen molar-refractivity contribution in [2.75, 3.05) is 0 Å². The summed E-state index contributed by atoms with van der Waals surface area (Å²) < 4.78 is 1.75. The molecule has 0 fully saturated rings. The van der Waals surface area contributed by atoms with Crippen molar-refractivity contribution in [3.05, 3.63) is 47.9 Å². The lowest BCUT2D eigenvalue weighted by Crippen LogP contribution is -1.93. The molecule has 0 saturated heterocycles. The van der Waals surface area contributed by atoms with Crippen molar-refractivity contribution < 1.29 is 0 Å².